The smallest absolute Gasteiger partial charge is 0.330 e. The van der Waals surface area contributed by atoms with Crippen molar-refractivity contribution in [2.45, 2.75) is 26.4 Å². The van der Waals surface area contributed by atoms with Crippen molar-refractivity contribution in [2.75, 3.05) is 6.61 Å². The molecule has 0 rings (SSSR count). The van der Waals surface area contributed by atoms with Crippen molar-refractivity contribution in [3.05, 3.63) is 12.7 Å². The Kier molecular flexibility index (Phi) is 10.5. The molecule has 5 nitrogen and oxygen atoms in total. The first-order chi connectivity index (χ1) is 6.43. The predicted molar refractivity (Wildman–Crippen MR) is 50.8 cm³/mol. The molecule has 14 heavy (non-hydrogen) atoms. The minimum atomic E-state index is -0.963. The van der Waals surface area contributed by atoms with Gasteiger partial charge in [0.1, 0.15) is 0 Å². The number of aliphatic hydroxyl groups excluding tert-OH is 1. The molecule has 0 saturated heterocycles. The van der Waals surface area contributed by atoms with Crippen LogP contribution in [0.2, 0.25) is 0 Å². The first-order valence-corrected chi connectivity index (χ1v) is 4.13. The average molecular weight is 204 g/mol. The van der Waals surface area contributed by atoms with Crippen LogP contribution in [0.1, 0.15) is 20.3 Å². The maximum Gasteiger partial charge on any atom is 0.330 e. The zero-order valence-electron chi connectivity index (χ0n) is 8.40. The Morgan fingerprint density at radius 3 is 2.14 bits per heavy atom. The highest BCUT2D eigenvalue weighted by molar-refractivity contribution is 5.81. The van der Waals surface area contributed by atoms with Crippen LogP contribution >= 0.6 is 0 Å². The summed E-state index contributed by atoms with van der Waals surface area (Å²) in [4.78, 5) is 19.7. The third-order valence-corrected chi connectivity index (χ3v) is 0.923. The van der Waals surface area contributed by atoms with E-state index in [1.165, 1.54) is 6.92 Å². The molecule has 0 aliphatic rings. The van der Waals surface area contributed by atoms with Gasteiger partial charge in [-0.25, -0.2) is 4.79 Å². The van der Waals surface area contributed by atoms with Gasteiger partial charge in [-0.3, -0.25) is 4.79 Å². The van der Waals surface area contributed by atoms with E-state index in [4.69, 9.17) is 10.2 Å². The first kappa shape index (κ1) is 15.1. The topological polar surface area (TPSA) is 83.8 Å². The molecule has 0 amide bonds. The van der Waals surface area contributed by atoms with Gasteiger partial charge in [-0.1, -0.05) is 6.58 Å². The van der Waals surface area contributed by atoms with Gasteiger partial charge in [0.2, 0.25) is 0 Å². The molecule has 0 aliphatic heterocycles. The van der Waals surface area contributed by atoms with Crippen LogP contribution in [0, 0.1) is 0 Å². The summed E-state index contributed by atoms with van der Waals surface area (Å²) in [6.07, 6.45) is 0.251. The van der Waals surface area contributed by atoms with Gasteiger partial charge in [0, 0.05) is 6.08 Å². The molecule has 2 N–H and O–H groups in total. The van der Waals surface area contributed by atoms with Gasteiger partial charge in [-0.2, -0.15) is 0 Å². The summed E-state index contributed by atoms with van der Waals surface area (Å²) >= 11 is 0. The minimum absolute atomic E-state index is 0.167. The minimum Gasteiger partial charge on any atom is -0.481 e. The monoisotopic (exact) mass is 204 g/mol. The van der Waals surface area contributed by atoms with E-state index >= 15 is 0 Å². The standard InChI is InChI=1S/C5H8O2.C4H8O3/c1-3-5(6)7-4-2;1-3(5)2-4(6)7/h3H,1,4H2,2H3;3,5H,2H2,1H3,(H,6,7). The number of carboxylic acids is 1. The maximum absolute atomic E-state index is 10.1. The lowest BCUT2D eigenvalue weighted by Crippen LogP contribution is -2.07. The van der Waals surface area contributed by atoms with E-state index in [0.29, 0.717) is 6.61 Å². The largest absolute Gasteiger partial charge is 0.481 e. The van der Waals surface area contributed by atoms with Crippen LogP contribution < -0.4 is 0 Å². The highest BCUT2D eigenvalue weighted by atomic mass is 16.5. The number of hydrogen-bond donors (Lipinski definition) is 2. The van der Waals surface area contributed by atoms with Crippen molar-refractivity contribution in [3.63, 3.8) is 0 Å². The van der Waals surface area contributed by atoms with E-state index in [9.17, 15) is 9.59 Å². The van der Waals surface area contributed by atoms with Gasteiger partial charge in [-0.15, -0.1) is 0 Å². The lowest BCUT2D eigenvalue weighted by molar-refractivity contribution is -0.139. The summed E-state index contributed by atoms with van der Waals surface area (Å²) in [6, 6.07) is 0. The molecule has 0 aromatic rings. The lowest BCUT2D eigenvalue weighted by atomic mass is 10.3. The second-order valence-corrected chi connectivity index (χ2v) is 2.40. The Morgan fingerprint density at radius 2 is 2.07 bits per heavy atom. The van der Waals surface area contributed by atoms with Crippen molar-refractivity contribution in [2.24, 2.45) is 0 Å². The summed E-state index contributed by atoms with van der Waals surface area (Å²) < 4.78 is 4.43. The lowest BCUT2D eigenvalue weighted by Gasteiger charge is -1.94. The molecule has 82 valence electrons. The van der Waals surface area contributed by atoms with Gasteiger partial charge in [0.25, 0.3) is 0 Å². The molecule has 0 aliphatic carbocycles. The zero-order valence-corrected chi connectivity index (χ0v) is 8.40. The highest BCUT2D eigenvalue weighted by Crippen LogP contribution is 1.85. The fraction of sp³-hybridized carbons (Fsp3) is 0.556. The van der Waals surface area contributed by atoms with Crippen LogP contribution in [-0.2, 0) is 14.3 Å². The van der Waals surface area contributed by atoms with Crippen molar-refractivity contribution in [3.8, 4) is 0 Å². The number of aliphatic carboxylic acids is 1. The summed E-state index contributed by atoms with van der Waals surface area (Å²) in [7, 11) is 0. The molecule has 1 atom stereocenters. The maximum atomic E-state index is 10.1. The number of rotatable bonds is 4. The zero-order chi connectivity index (χ0) is 11.6. The van der Waals surface area contributed by atoms with Crippen molar-refractivity contribution in [1.29, 1.82) is 0 Å². The van der Waals surface area contributed by atoms with E-state index in [1.54, 1.807) is 6.92 Å². The molecule has 0 spiro atoms. The number of ether oxygens (including phenoxy) is 1. The van der Waals surface area contributed by atoms with E-state index in [-0.39, 0.29) is 12.4 Å². The molecule has 0 radical (unpaired) electrons. The summed E-state index contributed by atoms with van der Waals surface area (Å²) in [5, 5.41) is 16.3. The Hall–Kier alpha value is -1.36. The molecule has 0 aromatic heterocycles. The van der Waals surface area contributed by atoms with Crippen LogP contribution in [-0.4, -0.2) is 34.9 Å². The normalized spacial score (nSPS) is 10.5. The molecule has 1 unspecified atom stereocenters. The number of carbonyl (C=O) groups is 2. The third-order valence-electron chi connectivity index (χ3n) is 0.923. The van der Waals surface area contributed by atoms with E-state index in [1.807, 2.05) is 0 Å². The summed E-state index contributed by atoms with van der Waals surface area (Å²) in [5.74, 6) is -1.32. The van der Waals surface area contributed by atoms with Gasteiger partial charge >= 0.3 is 11.9 Å². The number of esters is 1. The van der Waals surface area contributed by atoms with E-state index in [2.05, 4.69) is 11.3 Å². The van der Waals surface area contributed by atoms with E-state index < -0.39 is 12.1 Å². The quantitative estimate of drug-likeness (QED) is 0.517. The van der Waals surface area contributed by atoms with Crippen LogP contribution in [0.3, 0.4) is 0 Å². The molecule has 0 aromatic carbocycles. The van der Waals surface area contributed by atoms with Crippen LogP contribution in [0.4, 0.5) is 0 Å². The Bertz CT molecular complexity index is 186. The van der Waals surface area contributed by atoms with Gasteiger partial charge in [0.05, 0.1) is 19.1 Å². The number of hydrogen-bond acceptors (Lipinski definition) is 4. The van der Waals surface area contributed by atoms with Gasteiger partial charge in [0.15, 0.2) is 0 Å². The molecule has 0 saturated carbocycles. The first-order valence-electron chi connectivity index (χ1n) is 4.13. The summed E-state index contributed by atoms with van der Waals surface area (Å²) in [5.41, 5.74) is 0. The number of carboxylic acid groups (broad SMARTS) is 1. The van der Waals surface area contributed by atoms with Crippen molar-refractivity contribution in [1.82, 2.24) is 0 Å². The SMILES string of the molecule is C=CC(=O)OCC.CC(O)CC(=O)O. The molecular weight excluding hydrogens is 188 g/mol. The second kappa shape index (κ2) is 9.73. The molecular formula is C9H16O5. The molecule has 0 fully saturated rings. The van der Waals surface area contributed by atoms with Gasteiger partial charge < -0.3 is 14.9 Å². The van der Waals surface area contributed by atoms with Crippen LogP contribution in [0.25, 0.3) is 0 Å². The van der Waals surface area contributed by atoms with Crippen molar-refractivity contribution >= 4 is 11.9 Å². The predicted octanol–water partition coefficient (Wildman–Crippen LogP) is 0.577. The molecule has 0 bridgehead atoms. The van der Waals surface area contributed by atoms with Crippen molar-refractivity contribution < 1.29 is 24.5 Å². The Labute approximate surface area is 83.0 Å². The van der Waals surface area contributed by atoms with Gasteiger partial charge in [-0.05, 0) is 13.8 Å². The average Bonchev–Trinajstić information content (AvgIpc) is 2.03. The molecule has 5 heteroatoms. The van der Waals surface area contributed by atoms with E-state index in [0.717, 1.165) is 6.08 Å². The summed E-state index contributed by atoms with van der Waals surface area (Å²) in [6.45, 7) is 6.82. The Morgan fingerprint density at radius 1 is 1.57 bits per heavy atom. The molecule has 0 heterocycles. The van der Waals surface area contributed by atoms with Crippen LogP contribution in [0.15, 0.2) is 12.7 Å². The fourth-order valence-electron chi connectivity index (χ4n) is 0.454. The third kappa shape index (κ3) is 16.9. The highest BCUT2D eigenvalue weighted by Gasteiger charge is 2.00. The number of aliphatic hydroxyl groups is 1. The number of carbonyl (C=O) groups excluding carboxylic acids is 1. The fourth-order valence-corrected chi connectivity index (χ4v) is 0.454. The second-order valence-electron chi connectivity index (χ2n) is 2.40. The van der Waals surface area contributed by atoms with Crippen LogP contribution in [0.5, 0.6) is 0 Å². The Balaban J connectivity index is 0.